The van der Waals surface area contributed by atoms with Gasteiger partial charge in [-0.1, -0.05) is 42.5 Å². The van der Waals surface area contributed by atoms with Gasteiger partial charge in [-0.2, -0.15) is 0 Å². The van der Waals surface area contributed by atoms with E-state index in [0.29, 0.717) is 12.0 Å². The fraction of sp³-hybridized carbons (Fsp3) is 0.211. The Kier molecular flexibility index (Phi) is 3.20. The lowest BCUT2D eigenvalue weighted by molar-refractivity contribution is 0.0365. The Morgan fingerprint density at radius 3 is 2.83 bits per heavy atom. The third-order valence-electron chi connectivity index (χ3n) is 4.52. The van der Waals surface area contributed by atoms with Gasteiger partial charge in [0.05, 0.1) is 6.54 Å². The van der Waals surface area contributed by atoms with Crippen molar-refractivity contribution >= 4 is 16.9 Å². The predicted octanol–water partition coefficient (Wildman–Crippen LogP) is 3.00. The topological polar surface area (TPSA) is 62.5 Å². The number of benzene rings is 2. The number of carbonyl (C=O) groups excluding carboxylic acids is 1. The van der Waals surface area contributed by atoms with E-state index in [1.54, 1.807) is 6.07 Å². The number of para-hydroxylation sites is 1. The van der Waals surface area contributed by atoms with Gasteiger partial charge < -0.3 is 14.8 Å². The minimum Gasteiger partial charge on any atom is -0.451 e. The van der Waals surface area contributed by atoms with Gasteiger partial charge in [0.15, 0.2) is 5.76 Å². The average molecular weight is 307 g/mol. The molecule has 4 rings (SSSR count). The molecule has 0 spiro atoms. The minimum atomic E-state index is -1.00. The Labute approximate surface area is 133 Å². The lowest BCUT2D eigenvalue weighted by Gasteiger charge is -2.24. The van der Waals surface area contributed by atoms with Crippen molar-refractivity contribution in [3.05, 3.63) is 71.5 Å². The van der Waals surface area contributed by atoms with E-state index in [4.69, 9.17) is 4.42 Å². The third kappa shape index (κ3) is 2.41. The molecule has 0 aliphatic heterocycles. The number of furan rings is 1. The van der Waals surface area contributed by atoms with E-state index in [9.17, 15) is 9.90 Å². The molecule has 0 fully saturated rings. The smallest absolute Gasteiger partial charge is 0.287 e. The van der Waals surface area contributed by atoms with Crippen molar-refractivity contribution in [2.75, 3.05) is 6.54 Å². The van der Waals surface area contributed by atoms with Gasteiger partial charge in [0.1, 0.15) is 11.2 Å². The van der Waals surface area contributed by atoms with E-state index in [-0.39, 0.29) is 18.2 Å². The highest BCUT2D eigenvalue weighted by atomic mass is 16.3. The number of hydrogen-bond acceptors (Lipinski definition) is 3. The fourth-order valence-electron chi connectivity index (χ4n) is 3.26. The van der Waals surface area contributed by atoms with Crippen molar-refractivity contribution in [2.24, 2.45) is 0 Å². The van der Waals surface area contributed by atoms with Crippen LogP contribution in [0.4, 0.5) is 0 Å². The van der Waals surface area contributed by atoms with Crippen LogP contribution in [0.1, 0.15) is 28.1 Å². The molecule has 1 heterocycles. The molecule has 1 unspecified atom stereocenters. The van der Waals surface area contributed by atoms with Crippen LogP contribution in [0.5, 0.6) is 0 Å². The maximum atomic E-state index is 12.3. The summed E-state index contributed by atoms with van der Waals surface area (Å²) in [6, 6.07) is 17.0. The van der Waals surface area contributed by atoms with Crippen LogP contribution in [-0.2, 0) is 12.0 Å². The Hall–Kier alpha value is -2.59. The second-order valence-electron chi connectivity index (χ2n) is 6.02. The van der Waals surface area contributed by atoms with Gasteiger partial charge in [-0.25, -0.2) is 0 Å². The van der Waals surface area contributed by atoms with Gasteiger partial charge in [0, 0.05) is 5.39 Å². The van der Waals surface area contributed by atoms with E-state index in [0.717, 1.165) is 22.9 Å². The monoisotopic (exact) mass is 307 g/mol. The van der Waals surface area contributed by atoms with Crippen LogP contribution in [0.2, 0.25) is 0 Å². The maximum absolute atomic E-state index is 12.3. The van der Waals surface area contributed by atoms with Crippen LogP contribution in [0.15, 0.2) is 59.0 Å². The Bertz CT molecular complexity index is 850. The molecule has 4 nitrogen and oxygen atoms in total. The first-order valence-electron chi connectivity index (χ1n) is 7.73. The molecule has 1 atom stereocenters. The zero-order chi connectivity index (χ0) is 15.9. The quantitative estimate of drug-likeness (QED) is 0.782. The minimum absolute atomic E-state index is 0.180. The van der Waals surface area contributed by atoms with Gasteiger partial charge >= 0.3 is 0 Å². The number of hydrogen-bond donors (Lipinski definition) is 2. The van der Waals surface area contributed by atoms with E-state index in [1.165, 1.54) is 0 Å². The molecule has 0 saturated carbocycles. The second kappa shape index (κ2) is 5.25. The van der Waals surface area contributed by atoms with Crippen LogP contribution < -0.4 is 5.32 Å². The first-order valence-corrected chi connectivity index (χ1v) is 7.73. The summed E-state index contributed by atoms with van der Waals surface area (Å²) in [7, 11) is 0. The van der Waals surface area contributed by atoms with Gasteiger partial charge in [0.25, 0.3) is 5.91 Å². The van der Waals surface area contributed by atoms with Crippen LogP contribution in [0, 0.1) is 0 Å². The SMILES string of the molecule is O=C(NCC1(O)CCc2ccccc21)c1cc2ccccc2o1. The first kappa shape index (κ1) is 14.0. The van der Waals surface area contributed by atoms with Crippen molar-refractivity contribution in [3.63, 3.8) is 0 Å². The van der Waals surface area contributed by atoms with Crippen molar-refractivity contribution in [2.45, 2.75) is 18.4 Å². The average Bonchev–Trinajstić information content (AvgIpc) is 3.15. The zero-order valence-corrected chi connectivity index (χ0v) is 12.6. The summed E-state index contributed by atoms with van der Waals surface area (Å²) in [5.41, 5.74) is 1.73. The number of fused-ring (bicyclic) bond motifs is 2. The normalized spacial score (nSPS) is 19.7. The second-order valence-corrected chi connectivity index (χ2v) is 6.02. The maximum Gasteiger partial charge on any atom is 0.287 e. The molecule has 1 aromatic heterocycles. The van der Waals surface area contributed by atoms with Crippen molar-refractivity contribution in [1.82, 2.24) is 5.32 Å². The van der Waals surface area contributed by atoms with Crippen LogP contribution >= 0.6 is 0 Å². The van der Waals surface area contributed by atoms with Gasteiger partial charge in [-0.05, 0) is 36.1 Å². The largest absolute Gasteiger partial charge is 0.451 e. The van der Waals surface area contributed by atoms with Crippen LogP contribution in [-0.4, -0.2) is 17.6 Å². The number of carbonyl (C=O) groups is 1. The van der Waals surface area contributed by atoms with E-state index in [2.05, 4.69) is 5.32 Å². The number of aliphatic hydroxyl groups is 1. The summed E-state index contributed by atoms with van der Waals surface area (Å²) in [5.74, 6) is -0.0416. The van der Waals surface area contributed by atoms with Gasteiger partial charge in [0.2, 0.25) is 0 Å². The highest BCUT2D eigenvalue weighted by molar-refractivity contribution is 5.96. The highest BCUT2D eigenvalue weighted by Crippen LogP contribution is 2.36. The Balaban J connectivity index is 1.52. The molecule has 4 heteroatoms. The number of amides is 1. The summed E-state index contributed by atoms with van der Waals surface area (Å²) in [5, 5.41) is 14.5. The lowest BCUT2D eigenvalue weighted by atomic mass is 9.96. The molecule has 2 aromatic carbocycles. The zero-order valence-electron chi connectivity index (χ0n) is 12.6. The fourth-order valence-corrected chi connectivity index (χ4v) is 3.26. The summed E-state index contributed by atoms with van der Waals surface area (Å²) < 4.78 is 5.55. The summed E-state index contributed by atoms with van der Waals surface area (Å²) >= 11 is 0. The van der Waals surface area contributed by atoms with E-state index in [1.807, 2.05) is 48.5 Å². The molecule has 116 valence electrons. The van der Waals surface area contributed by atoms with Gasteiger partial charge in [-0.15, -0.1) is 0 Å². The standard InChI is InChI=1S/C19H17NO3/c21-18(17-11-14-6-2-4-8-16(14)23-17)20-12-19(22)10-9-13-5-1-3-7-15(13)19/h1-8,11,22H,9-10,12H2,(H,20,21). The van der Waals surface area contributed by atoms with E-state index >= 15 is 0 Å². The number of rotatable bonds is 3. The molecule has 1 amide bonds. The Morgan fingerprint density at radius 1 is 1.17 bits per heavy atom. The van der Waals surface area contributed by atoms with E-state index < -0.39 is 5.60 Å². The molecular weight excluding hydrogens is 290 g/mol. The molecule has 1 aliphatic carbocycles. The predicted molar refractivity (Wildman–Crippen MR) is 87.2 cm³/mol. The molecule has 3 aromatic rings. The number of aryl methyl sites for hydroxylation is 1. The molecule has 1 aliphatic rings. The molecular formula is C19H17NO3. The van der Waals surface area contributed by atoms with Gasteiger partial charge in [-0.3, -0.25) is 4.79 Å². The van der Waals surface area contributed by atoms with Crippen molar-refractivity contribution in [1.29, 1.82) is 0 Å². The number of nitrogens with one attached hydrogen (secondary N) is 1. The molecule has 0 bridgehead atoms. The molecule has 2 N–H and O–H groups in total. The summed E-state index contributed by atoms with van der Waals surface area (Å²) in [4.78, 5) is 12.3. The van der Waals surface area contributed by atoms with Crippen LogP contribution in [0.25, 0.3) is 11.0 Å². The highest BCUT2D eigenvalue weighted by Gasteiger charge is 2.36. The summed E-state index contributed by atoms with van der Waals surface area (Å²) in [6.45, 7) is 0.180. The van der Waals surface area contributed by atoms with Crippen molar-refractivity contribution in [3.8, 4) is 0 Å². The molecule has 0 radical (unpaired) electrons. The van der Waals surface area contributed by atoms with Crippen LogP contribution in [0.3, 0.4) is 0 Å². The molecule has 0 saturated heterocycles. The molecule has 23 heavy (non-hydrogen) atoms. The summed E-state index contributed by atoms with van der Waals surface area (Å²) in [6.07, 6.45) is 1.44. The first-order chi connectivity index (χ1) is 11.2. The lowest BCUT2D eigenvalue weighted by Crippen LogP contribution is -2.39. The third-order valence-corrected chi connectivity index (χ3v) is 4.52. The van der Waals surface area contributed by atoms with Crippen molar-refractivity contribution < 1.29 is 14.3 Å². The Morgan fingerprint density at radius 2 is 1.96 bits per heavy atom.